The van der Waals surface area contributed by atoms with Gasteiger partial charge < -0.3 is 9.32 Å². The van der Waals surface area contributed by atoms with E-state index in [-0.39, 0.29) is 5.41 Å². The van der Waals surface area contributed by atoms with E-state index in [1.54, 1.807) is 0 Å². The molecule has 0 atom stereocenters. The fourth-order valence-corrected chi connectivity index (χ4v) is 7.65. The van der Waals surface area contributed by atoms with E-state index in [0.717, 1.165) is 46.6 Å². The number of fused-ring (bicyclic) bond motifs is 6. The number of hydrogen-bond acceptors (Lipinski definition) is 2. The van der Waals surface area contributed by atoms with Crippen LogP contribution >= 0.6 is 0 Å². The topological polar surface area (TPSA) is 16.4 Å². The van der Waals surface area contributed by atoms with E-state index in [0.29, 0.717) is 0 Å². The van der Waals surface area contributed by atoms with Crippen molar-refractivity contribution in [2.24, 2.45) is 0 Å². The van der Waals surface area contributed by atoms with Gasteiger partial charge in [-0.3, -0.25) is 0 Å². The minimum atomic E-state index is -0.0231. The summed E-state index contributed by atoms with van der Waals surface area (Å²) in [7, 11) is 0. The quantitative estimate of drug-likeness (QED) is 0.194. The number of aryl methyl sites for hydroxylation is 1. The van der Waals surface area contributed by atoms with Gasteiger partial charge in [0.25, 0.3) is 0 Å². The van der Waals surface area contributed by atoms with Crippen LogP contribution in [0, 0.1) is 0 Å². The highest BCUT2D eigenvalue weighted by atomic mass is 16.3. The Morgan fingerprint density at radius 3 is 1.94 bits per heavy atom. The Hall–Kier alpha value is -5.60. The molecule has 226 valence electrons. The Kier molecular flexibility index (Phi) is 6.33. The van der Waals surface area contributed by atoms with Gasteiger partial charge in [0.05, 0.1) is 0 Å². The molecule has 0 fully saturated rings. The number of anilines is 3. The molecule has 0 bridgehead atoms. The Labute approximate surface area is 276 Å². The first-order valence-electron chi connectivity index (χ1n) is 16.6. The first-order valence-corrected chi connectivity index (χ1v) is 16.6. The van der Waals surface area contributed by atoms with Gasteiger partial charge in [0.2, 0.25) is 0 Å². The van der Waals surface area contributed by atoms with Crippen molar-refractivity contribution in [1.82, 2.24) is 0 Å². The molecule has 0 unspecified atom stereocenters. The van der Waals surface area contributed by atoms with Crippen molar-refractivity contribution in [3.05, 3.63) is 168 Å². The summed E-state index contributed by atoms with van der Waals surface area (Å²) >= 11 is 0. The molecule has 2 nitrogen and oxygen atoms in total. The van der Waals surface area contributed by atoms with E-state index < -0.39 is 0 Å². The van der Waals surface area contributed by atoms with Crippen LogP contribution in [0.1, 0.15) is 42.7 Å². The zero-order chi connectivity index (χ0) is 31.5. The second-order valence-electron chi connectivity index (χ2n) is 13.3. The maximum atomic E-state index is 6.26. The summed E-state index contributed by atoms with van der Waals surface area (Å²) in [5, 5.41) is 1.16. The van der Waals surface area contributed by atoms with Crippen molar-refractivity contribution in [2.75, 3.05) is 4.90 Å². The molecule has 7 aromatic rings. The van der Waals surface area contributed by atoms with Gasteiger partial charge >= 0.3 is 0 Å². The van der Waals surface area contributed by atoms with Crippen molar-refractivity contribution in [2.45, 2.75) is 32.1 Å². The molecular formula is C45H35NO. The van der Waals surface area contributed by atoms with Crippen LogP contribution in [0.3, 0.4) is 0 Å². The lowest BCUT2D eigenvalue weighted by Crippen LogP contribution is -2.14. The molecule has 1 aromatic heterocycles. The summed E-state index contributed by atoms with van der Waals surface area (Å²) in [6.07, 6.45) is 6.45. The Bertz CT molecular complexity index is 2300. The minimum Gasteiger partial charge on any atom is -0.460 e. The summed E-state index contributed by atoms with van der Waals surface area (Å²) in [5.74, 6) is 1.09. The summed E-state index contributed by atoms with van der Waals surface area (Å²) in [6, 6.07) is 50.9. The first kappa shape index (κ1) is 27.7. The molecular weight excluding hydrogens is 571 g/mol. The second kappa shape index (κ2) is 10.7. The third-order valence-corrected chi connectivity index (χ3v) is 10.1. The minimum absolute atomic E-state index is 0.0231. The summed E-state index contributed by atoms with van der Waals surface area (Å²) in [5.41, 5.74) is 15.9. The van der Waals surface area contributed by atoms with E-state index in [4.69, 9.17) is 4.42 Å². The highest BCUT2D eigenvalue weighted by Gasteiger charge is 2.35. The maximum absolute atomic E-state index is 6.26. The number of rotatable bonds is 5. The fourth-order valence-electron chi connectivity index (χ4n) is 7.65. The summed E-state index contributed by atoms with van der Waals surface area (Å²) in [6.45, 7) is 4.69. The van der Waals surface area contributed by atoms with Gasteiger partial charge in [-0.15, -0.1) is 0 Å². The van der Waals surface area contributed by atoms with Gasteiger partial charge in [-0.25, -0.2) is 0 Å². The highest BCUT2D eigenvalue weighted by molar-refractivity contribution is 5.94. The van der Waals surface area contributed by atoms with E-state index in [1.807, 2.05) is 0 Å². The third kappa shape index (κ3) is 4.55. The molecule has 0 amide bonds. The van der Waals surface area contributed by atoms with Crippen LogP contribution in [0.4, 0.5) is 17.1 Å². The Morgan fingerprint density at radius 2 is 1.17 bits per heavy atom. The number of nitrogens with zero attached hydrogens (tertiary/aromatic N) is 1. The number of hydrogen-bond donors (Lipinski definition) is 0. The highest BCUT2D eigenvalue weighted by Crippen LogP contribution is 2.49. The molecule has 0 saturated heterocycles. The van der Waals surface area contributed by atoms with Crippen LogP contribution in [0.2, 0.25) is 0 Å². The van der Waals surface area contributed by atoms with Crippen LogP contribution < -0.4 is 4.90 Å². The van der Waals surface area contributed by atoms with Crippen molar-refractivity contribution >= 4 is 34.1 Å². The molecule has 9 rings (SSSR count). The third-order valence-electron chi connectivity index (χ3n) is 10.1. The molecule has 0 N–H and O–H groups in total. The largest absolute Gasteiger partial charge is 0.460 e. The second-order valence-corrected chi connectivity index (χ2v) is 13.3. The van der Waals surface area contributed by atoms with Gasteiger partial charge in [-0.2, -0.15) is 0 Å². The van der Waals surface area contributed by atoms with Gasteiger partial charge in [-0.1, -0.05) is 117 Å². The average molecular weight is 606 g/mol. The average Bonchev–Trinajstić information content (AvgIpc) is 3.61. The summed E-state index contributed by atoms with van der Waals surface area (Å²) in [4.78, 5) is 2.35. The first-order chi connectivity index (χ1) is 23.0. The lowest BCUT2D eigenvalue weighted by atomic mass is 9.81. The van der Waals surface area contributed by atoms with Crippen LogP contribution in [0.15, 0.2) is 150 Å². The normalized spacial score (nSPS) is 14.1. The number of benzene rings is 6. The molecule has 47 heavy (non-hydrogen) atoms. The maximum Gasteiger partial charge on any atom is 0.135 e. The van der Waals surface area contributed by atoms with Crippen molar-refractivity contribution < 1.29 is 4.42 Å². The zero-order valence-electron chi connectivity index (χ0n) is 26.7. The molecule has 2 aliphatic rings. The zero-order valence-corrected chi connectivity index (χ0v) is 26.7. The molecule has 2 heteroatoms. The molecule has 2 aliphatic carbocycles. The Morgan fingerprint density at radius 1 is 0.553 bits per heavy atom. The van der Waals surface area contributed by atoms with Gasteiger partial charge in [0.15, 0.2) is 0 Å². The molecule has 0 radical (unpaired) electrons. The van der Waals surface area contributed by atoms with Crippen LogP contribution in [-0.2, 0) is 11.8 Å². The van der Waals surface area contributed by atoms with E-state index in [9.17, 15) is 0 Å². The van der Waals surface area contributed by atoms with E-state index in [1.165, 1.54) is 50.1 Å². The standard InChI is InChI=1S/C45H35NO/c1-45(2)41-14-8-6-12-37(41)38-26-20-33(28-42(38)45)32-18-23-35(24-19-32)46(34-21-16-31(17-22-34)30-10-4-3-5-11-30)36-25-27-44-40(29-36)39-13-7-9-15-43(39)47-44/h3-8,10-14,16-29H,9,15H2,1-2H3. The van der Waals surface area contributed by atoms with Gasteiger partial charge in [-0.05, 0) is 99.5 Å². The predicted octanol–water partition coefficient (Wildman–Crippen LogP) is 12.5. The van der Waals surface area contributed by atoms with Crippen LogP contribution in [0.25, 0.3) is 50.4 Å². The molecule has 1 heterocycles. The molecule has 6 aromatic carbocycles. The van der Waals surface area contributed by atoms with Crippen molar-refractivity contribution in [3.8, 4) is 33.4 Å². The monoisotopic (exact) mass is 605 g/mol. The van der Waals surface area contributed by atoms with E-state index in [2.05, 4.69) is 170 Å². The number of furan rings is 1. The lowest BCUT2D eigenvalue weighted by Gasteiger charge is -2.26. The van der Waals surface area contributed by atoms with Gasteiger partial charge in [0, 0.05) is 39.8 Å². The molecule has 0 saturated carbocycles. The van der Waals surface area contributed by atoms with Crippen molar-refractivity contribution in [3.63, 3.8) is 0 Å². The van der Waals surface area contributed by atoms with Gasteiger partial charge in [0.1, 0.15) is 11.3 Å². The Balaban J connectivity index is 1.12. The SMILES string of the molecule is CC1(C)c2ccccc2-c2ccc(-c3ccc(N(c4ccc(-c5ccccc5)cc4)c4ccc5oc6c(c5c4)C=CCC6)cc3)cc21. The number of allylic oxidation sites excluding steroid dienone is 1. The van der Waals surface area contributed by atoms with Crippen molar-refractivity contribution in [1.29, 1.82) is 0 Å². The van der Waals surface area contributed by atoms with Crippen LogP contribution in [0.5, 0.6) is 0 Å². The van der Waals surface area contributed by atoms with Crippen LogP contribution in [-0.4, -0.2) is 0 Å². The summed E-state index contributed by atoms with van der Waals surface area (Å²) < 4.78 is 6.26. The fraction of sp³-hybridized carbons (Fsp3) is 0.111. The molecule has 0 spiro atoms. The van der Waals surface area contributed by atoms with E-state index >= 15 is 0 Å². The predicted molar refractivity (Wildman–Crippen MR) is 197 cm³/mol. The molecule has 0 aliphatic heterocycles. The smallest absolute Gasteiger partial charge is 0.135 e. The lowest BCUT2D eigenvalue weighted by molar-refractivity contribution is 0.546.